The van der Waals surface area contributed by atoms with E-state index in [-0.39, 0.29) is 5.82 Å². The van der Waals surface area contributed by atoms with E-state index in [9.17, 15) is 9.50 Å². The van der Waals surface area contributed by atoms with Gasteiger partial charge in [-0.15, -0.1) is 0 Å². The summed E-state index contributed by atoms with van der Waals surface area (Å²) in [6.07, 6.45) is 5.57. The highest BCUT2D eigenvalue weighted by Gasteiger charge is 2.15. The van der Waals surface area contributed by atoms with Crippen LogP contribution >= 0.6 is 0 Å². The van der Waals surface area contributed by atoms with Crippen LogP contribution in [-0.2, 0) is 0 Å². The molecule has 0 heterocycles. The molecule has 0 bridgehead atoms. The van der Waals surface area contributed by atoms with Crippen LogP contribution in [0.2, 0.25) is 0 Å². The van der Waals surface area contributed by atoms with Crippen molar-refractivity contribution in [3.8, 4) is 5.75 Å². The zero-order chi connectivity index (χ0) is 13.0. The van der Waals surface area contributed by atoms with Gasteiger partial charge in [0.2, 0.25) is 0 Å². The smallest absolute Gasteiger partial charge is 0.165 e. The summed E-state index contributed by atoms with van der Waals surface area (Å²) in [5, 5.41) is 9.37. The lowest BCUT2D eigenvalue weighted by Gasteiger charge is -2.21. The summed E-state index contributed by atoms with van der Waals surface area (Å²) in [4.78, 5) is 0. The van der Waals surface area contributed by atoms with E-state index in [2.05, 4.69) is 0 Å². The van der Waals surface area contributed by atoms with Crippen molar-refractivity contribution in [3.63, 3.8) is 0 Å². The van der Waals surface area contributed by atoms with E-state index in [1.54, 1.807) is 19.1 Å². The first-order chi connectivity index (χ1) is 8.66. The van der Waals surface area contributed by atoms with Crippen LogP contribution in [0.5, 0.6) is 5.75 Å². The molecule has 1 aromatic rings. The van der Waals surface area contributed by atoms with E-state index in [0.717, 1.165) is 0 Å². The Hall–Kier alpha value is -1.09. The van der Waals surface area contributed by atoms with Gasteiger partial charge in [-0.05, 0) is 43.4 Å². The van der Waals surface area contributed by atoms with E-state index < -0.39 is 6.10 Å². The molecule has 2 nitrogen and oxygen atoms in total. The Balaban J connectivity index is 1.92. The molecule has 0 radical (unpaired) electrons. The molecule has 1 N–H and O–H groups in total. The molecule has 1 fully saturated rings. The van der Waals surface area contributed by atoms with Gasteiger partial charge in [-0.25, -0.2) is 4.39 Å². The van der Waals surface area contributed by atoms with Gasteiger partial charge in [0.1, 0.15) is 0 Å². The molecule has 2 rings (SSSR count). The van der Waals surface area contributed by atoms with Gasteiger partial charge in [0.25, 0.3) is 0 Å². The molecule has 1 unspecified atom stereocenters. The summed E-state index contributed by atoms with van der Waals surface area (Å²) in [7, 11) is 0. The van der Waals surface area contributed by atoms with Crippen LogP contribution in [0.25, 0.3) is 0 Å². The molecule has 0 amide bonds. The van der Waals surface area contributed by atoms with Crippen molar-refractivity contribution in [2.45, 2.75) is 45.1 Å². The predicted octanol–water partition coefficient (Wildman–Crippen LogP) is 3.84. The second kappa shape index (κ2) is 6.19. The standard InChI is InChI=1S/C15H21FO2/c1-11(17)13-7-8-15(14(16)9-13)18-10-12-5-3-2-4-6-12/h7-9,11-12,17H,2-6,10H2,1H3. The maximum Gasteiger partial charge on any atom is 0.165 e. The summed E-state index contributed by atoms with van der Waals surface area (Å²) in [5.41, 5.74) is 0.581. The van der Waals surface area contributed by atoms with Crippen LogP contribution in [0.15, 0.2) is 18.2 Å². The van der Waals surface area contributed by atoms with Crippen LogP contribution in [0, 0.1) is 11.7 Å². The van der Waals surface area contributed by atoms with Crippen molar-refractivity contribution in [2.75, 3.05) is 6.61 Å². The fourth-order valence-electron chi connectivity index (χ4n) is 2.46. The summed E-state index contributed by atoms with van der Waals surface area (Å²) in [6, 6.07) is 4.67. The summed E-state index contributed by atoms with van der Waals surface area (Å²) < 4.78 is 19.3. The monoisotopic (exact) mass is 252 g/mol. The van der Waals surface area contributed by atoms with Gasteiger partial charge in [-0.2, -0.15) is 0 Å². The first-order valence-electron chi connectivity index (χ1n) is 6.77. The Morgan fingerprint density at radius 3 is 2.67 bits per heavy atom. The maximum atomic E-state index is 13.7. The number of benzene rings is 1. The zero-order valence-corrected chi connectivity index (χ0v) is 10.9. The molecule has 18 heavy (non-hydrogen) atoms. The lowest BCUT2D eigenvalue weighted by molar-refractivity contribution is 0.195. The van der Waals surface area contributed by atoms with Crippen molar-refractivity contribution in [1.82, 2.24) is 0 Å². The summed E-state index contributed by atoms with van der Waals surface area (Å²) in [6.45, 7) is 2.22. The molecule has 1 saturated carbocycles. The number of hydrogen-bond donors (Lipinski definition) is 1. The molecule has 0 aliphatic heterocycles. The van der Waals surface area contributed by atoms with Crippen LogP contribution in [0.1, 0.15) is 50.7 Å². The third-order valence-electron chi connectivity index (χ3n) is 3.64. The highest BCUT2D eigenvalue weighted by molar-refractivity contribution is 5.30. The lowest BCUT2D eigenvalue weighted by Crippen LogP contribution is -2.15. The van der Waals surface area contributed by atoms with Crippen molar-refractivity contribution in [3.05, 3.63) is 29.6 Å². The normalized spacial score (nSPS) is 18.6. The maximum absolute atomic E-state index is 13.7. The fraction of sp³-hybridized carbons (Fsp3) is 0.600. The number of aliphatic hydroxyl groups is 1. The number of aliphatic hydroxyl groups excluding tert-OH is 1. The lowest BCUT2D eigenvalue weighted by atomic mass is 9.90. The number of rotatable bonds is 4. The molecule has 100 valence electrons. The van der Waals surface area contributed by atoms with Crippen molar-refractivity contribution in [2.24, 2.45) is 5.92 Å². The van der Waals surface area contributed by atoms with E-state index >= 15 is 0 Å². The van der Waals surface area contributed by atoms with Gasteiger partial charge in [0.15, 0.2) is 11.6 Å². The second-order valence-corrected chi connectivity index (χ2v) is 5.18. The van der Waals surface area contributed by atoms with Gasteiger partial charge < -0.3 is 9.84 Å². The topological polar surface area (TPSA) is 29.5 Å². The van der Waals surface area contributed by atoms with E-state index in [1.807, 2.05) is 0 Å². The molecule has 0 aromatic heterocycles. The first kappa shape index (κ1) is 13.3. The predicted molar refractivity (Wildman–Crippen MR) is 69.1 cm³/mol. The average molecular weight is 252 g/mol. The van der Waals surface area contributed by atoms with E-state index in [1.165, 1.54) is 38.2 Å². The number of hydrogen-bond acceptors (Lipinski definition) is 2. The van der Waals surface area contributed by atoms with Crippen LogP contribution < -0.4 is 4.74 Å². The molecular weight excluding hydrogens is 231 g/mol. The van der Waals surface area contributed by atoms with Crippen molar-refractivity contribution in [1.29, 1.82) is 0 Å². The Labute approximate surface area is 108 Å². The molecule has 0 spiro atoms. The minimum Gasteiger partial charge on any atom is -0.490 e. The molecule has 1 atom stereocenters. The molecular formula is C15H21FO2. The van der Waals surface area contributed by atoms with Crippen LogP contribution in [0.4, 0.5) is 4.39 Å². The van der Waals surface area contributed by atoms with E-state index in [4.69, 9.17) is 4.74 Å². The van der Waals surface area contributed by atoms with Crippen molar-refractivity contribution < 1.29 is 14.2 Å². The van der Waals surface area contributed by atoms with Gasteiger partial charge in [-0.3, -0.25) is 0 Å². The summed E-state index contributed by atoms with van der Waals surface area (Å²) in [5.74, 6) is 0.476. The summed E-state index contributed by atoms with van der Waals surface area (Å²) >= 11 is 0. The second-order valence-electron chi connectivity index (χ2n) is 5.18. The Morgan fingerprint density at radius 1 is 1.33 bits per heavy atom. The average Bonchev–Trinajstić information content (AvgIpc) is 2.38. The highest BCUT2D eigenvalue weighted by atomic mass is 19.1. The van der Waals surface area contributed by atoms with Gasteiger partial charge in [-0.1, -0.05) is 25.3 Å². The first-order valence-corrected chi connectivity index (χ1v) is 6.77. The molecule has 3 heteroatoms. The molecule has 1 aliphatic carbocycles. The fourth-order valence-corrected chi connectivity index (χ4v) is 2.46. The van der Waals surface area contributed by atoms with E-state index in [0.29, 0.717) is 23.8 Å². The van der Waals surface area contributed by atoms with Crippen LogP contribution in [-0.4, -0.2) is 11.7 Å². The molecule has 1 aliphatic rings. The number of ether oxygens (including phenoxy) is 1. The molecule has 0 saturated heterocycles. The SMILES string of the molecule is CC(O)c1ccc(OCC2CCCCC2)c(F)c1. The number of halogens is 1. The largest absolute Gasteiger partial charge is 0.490 e. The highest BCUT2D eigenvalue weighted by Crippen LogP contribution is 2.26. The zero-order valence-electron chi connectivity index (χ0n) is 10.9. The minimum atomic E-state index is -0.646. The van der Waals surface area contributed by atoms with Gasteiger partial charge in [0.05, 0.1) is 12.7 Å². The quantitative estimate of drug-likeness (QED) is 0.882. The minimum absolute atomic E-state index is 0.296. The van der Waals surface area contributed by atoms with Gasteiger partial charge >= 0.3 is 0 Å². The third kappa shape index (κ3) is 3.45. The third-order valence-corrected chi connectivity index (χ3v) is 3.64. The molecule has 1 aromatic carbocycles. The van der Waals surface area contributed by atoms with Crippen molar-refractivity contribution >= 4 is 0 Å². The Morgan fingerprint density at radius 2 is 2.06 bits per heavy atom. The van der Waals surface area contributed by atoms with Gasteiger partial charge in [0, 0.05) is 0 Å². The van der Waals surface area contributed by atoms with Crippen LogP contribution in [0.3, 0.4) is 0 Å². The Bertz CT molecular complexity index is 384. The Kier molecular flexibility index (Phi) is 4.59.